The van der Waals surface area contributed by atoms with E-state index in [9.17, 15) is 8.42 Å². The van der Waals surface area contributed by atoms with Crippen LogP contribution in [0, 0.1) is 34.6 Å². The van der Waals surface area contributed by atoms with Gasteiger partial charge in [-0.05, 0) is 62.9 Å². The lowest BCUT2D eigenvalue weighted by atomic mass is 10.0. The highest BCUT2D eigenvalue weighted by Crippen LogP contribution is 2.31. The van der Waals surface area contributed by atoms with E-state index in [0.29, 0.717) is 31.1 Å². The molecule has 3 aromatic rings. The molecule has 0 saturated carbocycles. The van der Waals surface area contributed by atoms with Crippen LogP contribution in [-0.4, -0.2) is 43.9 Å². The van der Waals surface area contributed by atoms with E-state index >= 15 is 0 Å². The highest BCUT2D eigenvalue weighted by molar-refractivity contribution is 7.89. The van der Waals surface area contributed by atoms with E-state index in [4.69, 9.17) is 4.98 Å². The largest absolute Gasteiger partial charge is 0.345 e. The van der Waals surface area contributed by atoms with Gasteiger partial charge in [0.05, 0.1) is 10.6 Å². The van der Waals surface area contributed by atoms with Crippen LogP contribution in [0.1, 0.15) is 27.8 Å². The second-order valence-electron chi connectivity index (χ2n) is 8.37. The van der Waals surface area contributed by atoms with Crippen molar-refractivity contribution in [2.75, 3.05) is 31.1 Å². The third-order valence-electron chi connectivity index (χ3n) is 6.21. The first kappa shape index (κ1) is 22.0. The fourth-order valence-corrected chi connectivity index (χ4v) is 7.05. The Hall–Kier alpha value is -2.22. The SMILES string of the molecule is Cc1cccc(-c2csc(N3CCN(S(=O)(=O)c4c(C)c(C)cc(C)c4C)CC3)n2)c1. The van der Waals surface area contributed by atoms with E-state index in [-0.39, 0.29) is 0 Å². The summed E-state index contributed by atoms with van der Waals surface area (Å²) in [6, 6.07) is 10.4. The first-order valence-electron chi connectivity index (χ1n) is 10.5. The van der Waals surface area contributed by atoms with Gasteiger partial charge in [0.1, 0.15) is 0 Å². The zero-order valence-electron chi connectivity index (χ0n) is 18.8. The van der Waals surface area contributed by atoms with Crippen molar-refractivity contribution in [3.63, 3.8) is 0 Å². The fraction of sp³-hybridized carbons (Fsp3) is 0.375. The number of anilines is 1. The average Bonchev–Trinajstić information content (AvgIpc) is 3.23. The number of rotatable bonds is 4. The number of sulfonamides is 1. The number of piperazine rings is 1. The van der Waals surface area contributed by atoms with E-state index in [1.54, 1.807) is 15.6 Å². The molecule has 0 unspecified atom stereocenters. The van der Waals surface area contributed by atoms with Gasteiger partial charge in [0.15, 0.2) is 5.13 Å². The van der Waals surface area contributed by atoms with Gasteiger partial charge in [0, 0.05) is 37.1 Å². The molecule has 31 heavy (non-hydrogen) atoms. The first-order chi connectivity index (χ1) is 14.7. The number of aromatic nitrogens is 1. The summed E-state index contributed by atoms with van der Waals surface area (Å²) in [6.07, 6.45) is 0. The summed E-state index contributed by atoms with van der Waals surface area (Å²) < 4.78 is 28.6. The molecule has 2 aromatic carbocycles. The van der Waals surface area contributed by atoms with Crippen LogP contribution in [0.25, 0.3) is 11.3 Å². The first-order valence-corrected chi connectivity index (χ1v) is 12.9. The molecule has 1 fully saturated rings. The summed E-state index contributed by atoms with van der Waals surface area (Å²) in [6.45, 7) is 12.1. The van der Waals surface area contributed by atoms with Gasteiger partial charge in [0.2, 0.25) is 10.0 Å². The molecule has 4 rings (SSSR count). The Morgan fingerprint density at radius 2 is 1.55 bits per heavy atom. The van der Waals surface area contributed by atoms with Gasteiger partial charge >= 0.3 is 0 Å². The lowest BCUT2D eigenvalue weighted by Gasteiger charge is -2.34. The maximum absolute atomic E-state index is 13.5. The summed E-state index contributed by atoms with van der Waals surface area (Å²) >= 11 is 1.62. The topological polar surface area (TPSA) is 53.5 Å². The molecule has 0 N–H and O–H groups in total. The monoisotopic (exact) mass is 455 g/mol. The number of hydrogen-bond acceptors (Lipinski definition) is 5. The smallest absolute Gasteiger partial charge is 0.243 e. The van der Waals surface area contributed by atoms with Crippen LogP contribution in [0.4, 0.5) is 5.13 Å². The molecule has 0 spiro atoms. The van der Waals surface area contributed by atoms with Crippen LogP contribution in [0.5, 0.6) is 0 Å². The maximum Gasteiger partial charge on any atom is 0.243 e. The molecular formula is C24H29N3O2S2. The van der Waals surface area contributed by atoms with E-state index in [0.717, 1.165) is 38.6 Å². The molecule has 2 heterocycles. The van der Waals surface area contributed by atoms with Crippen LogP contribution in [0.3, 0.4) is 0 Å². The minimum atomic E-state index is -3.53. The number of aryl methyl sites for hydroxylation is 3. The second kappa shape index (κ2) is 8.37. The van der Waals surface area contributed by atoms with Gasteiger partial charge in [-0.3, -0.25) is 0 Å². The summed E-state index contributed by atoms with van der Waals surface area (Å²) in [4.78, 5) is 7.49. The number of benzene rings is 2. The molecule has 0 aliphatic carbocycles. The van der Waals surface area contributed by atoms with E-state index in [1.165, 1.54) is 5.56 Å². The Labute approximate surface area is 189 Å². The van der Waals surface area contributed by atoms with Crippen molar-refractivity contribution in [2.24, 2.45) is 0 Å². The molecule has 5 nitrogen and oxygen atoms in total. The molecule has 1 aliphatic heterocycles. The van der Waals surface area contributed by atoms with E-state index < -0.39 is 10.0 Å². The predicted octanol–water partition coefficient (Wildman–Crippen LogP) is 4.86. The van der Waals surface area contributed by atoms with Crippen LogP contribution in [0.2, 0.25) is 0 Å². The summed E-state index contributed by atoms with van der Waals surface area (Å²) in [5, 5.41) is 3.03. The molecule has 0 radical (unpaired) electrons. The zero-order valence-corrected chi connectivity index (χ0v) is 20.4. The fourth-order valence-electron chi connectivity index (χ4n) is 4.16. The van der Waals surface area contributed by atoms with Gasteiger partial charge in [-0.1, -0.05) is 29.8 Å². The van der Waals surface area contributed by atoms with Crippen molar-refractivity contribution in [3.05, 3.63) is 63.5 Å². The summed E-state index contributed by atoms with van der Waals surface area (Å²) in [5.74, 6) is 0. The summed E-state index contributed by atoms with van der Waals surface area (Å²) in [7, 11) is -3.53. The zero-order chi connectivity index (χ0) is 22.3. The van der Waals surface area contributed by atoms with Crippen LogP contribution in [0.15, 0.2) is 40.6 Å². The van der Waals surface area contributed by atoms with Gasteiger partial charge in [0.25, 0.3) is 0 Å². The maximum atomic E-state index is 13.5. The molecule has 164 valence electrons. The Bertz CT molecular complexity index is 1200. The lowest BCUT2D eigenvalue weighted by Crippen LogP contribution is -2.49. The third-order valence-corrected chi connectivity index (χ3v) is 9.28. The molecule has 1 aliphatic rings. The van der Waals surface area contributed by atoms with Gasteiger partial charge in [-0.25, -0.2) is 13.4 Å². The van der Waals surface area contributed by atoms with Crippen molar-refractivity contribution >= 4 is 26.5 Å². The Morgan fingerprint density at radius 1 is 0.903 bits per heavy atom. The molecule has 0 bridgehead atoms. The minimum Gasteiger partial charge on any atom is -0.345 e. The quantitative estimate of drug-likeness (QED) is 0.564. The average molecular weight is 456 g/mol. The lowest BCUT2D eigenvalue weighted by molar-refractivity contribution is 0.384. The van der Waals surface area contributed by atoms with Crippen LogP contribution >= 0.6 is 11.3 Å². The van der Waals surface area contributed by atoms with Gasteiger partial charge in [-0.15, -0.1) is 11.3 Å². The molecule has 0 atom stereocenters. The minimum absolute atomic E-state index is 0.466. The van der Waals surface area contributed by atoms with Gasteiger partial charge < -0.3 is 4.90 Å². The molecule has 1 aromatic heterocycles. The Kier molecular flexibility index (Phi) is 5.94. The van der Waals surface area contributed by atoms with Crippen LogP contribution < -0.4 is 4.90 Å². The summed E-state index contributed by atoms with van der Waals surface area (Å²) in [5.41, 5.74) is 7.05. The number of nitrogens with zero attached hydrogens (tertiary/aromatic N) is 3. The van der Waals surface area contributed by atoms with Gasteiger partial charge in [-0.2, -0.15) is 4.31 Å². The molecular weight excluding hydrogens is 426 g/mol. The standard InChI is InChI=1S/C24H29N3O2S2/c1-16-7-6-8-21(13-16)22-15-30-24(25-22)26-9-11-27(12-10-26)31(28,29)23-19(4)17(2)14-18(3)20(23)5/h6-8,13-15H,9-12H2,1-5H3. The van der Waals surface area contributed by atoms with E-state index in [1.807, 2.05) is 33.8 Å². The van der Waals surface area contributed by atoms with Crippen molar-refractivity contribution in [2.45, 2.75) is 39.5 Å². The molecule has 0 amide bonds. The molecule has 1 saturated heterocycles. The predicted molar refractivity (Wildman–Crippen MR) is 129 cm³/mol. The van der Waals surface area contributed by atoms with Crippen molar-refractivity contribution in [1.29, 1.82) is 0 Å². The second-order valence-corrected chi connectivity index (χ2v) is 11.1. The highest BCUT2D eigenvalue weighted by Gasteiger charge is 2.32. The highest BCUT2D eigenvalue weighted by atomic mass is 32.2. The normalized spacial score (nSPS) is 15.5. The van der Waals surface area contributed by atoms with Crippen molar-refractivity contribution < 1.29 is 8.42 Å². The van der Waals surface area contributed by atoms with Crippen molar-refractivity contribution in [1.82, 2.24) is 9.29 Å². The number of hydrogen-bond donors (Lipinski definition) is 0. The van der Waals surface area contributed by atoms with Crippen LogP contribution in [-0.2, 0) is 10.0 Å². The third kappa shape index (κ3) is 4.14. The number of thiazole rings is 1. The van der Waals surface area contributed by atoms with Crippen molar-refractivity contribution in [3.8, 4) is 11.3 Å². The Morgan fingerprint density at radius 3 is 2.16 bits per heavy atom. The molecule has 7 heteroatoms. The van der Waals surface area contributed by atoms with E-state index in [2.05, 4.69) is 41.5 Å². The Balaban J connectivity index is 1.52.